The molecule has 80 valence electrons. The van der Waals surface area contributed by atoms with Crippen molar-refractivity contribution in [3.8, 4) is 6.07 Å². The van der Waals surface area contributed by atoms with Gasteiger partial charge in [0.25, 0.3) is 0 Å². The molecule has 1 unspecified atom stereocenters. The molecule has 0 saturated carbocycles. The molecule has 0 aliphatic carbocycles. The highest BCUT2D eigenvalue weighted by Crippen LogP contribution is 2.04. The van der Waals surface area contributed by atoms with Crippen LogP contribution in [0.1, 0.15) is 24.5 Å². The molecule has 0 aliphatic rings. The van der Waals surface area contributed by atoms with E-state index >= 15 is 0 Å². The normalized spacial score (nSPS) is 12.1. The third-order valence-corrected chi connectivity index (χ3v) is 2.39. The minimum atomic E-state index is 0.291. The van der Waals surface area contributed by atoms with E-state index in [1.165, 1.54) is 11.1 Å². The van der Waals surface area contributed by atoms with E-state index in [0.29, 0.717) is 12.5 Å². The molecule has 0 heterocycles. The van der Waals surface area contributed by atoms with Crippen LogP contribution in [-0.2, 0) is 6.42 Å². The molecule has 0 bridgehead atoms. The zero-order valence-electron chi connectivity index (χ0n) is 9.46. The summed E-state index contributed by atoms with van der Waals surface area (Å²) in [5, 5.41) is 11.8. The fourth-order valence-electron chi connectivity index (χ4n) is 1.54. The van der Waals surface area contributed by atoms with Gasteiger partial charge in [0.1, 0.15) is 0 Å². The first-order valence-corrected chi connectivity index (χ1v) is 5.38. The summed E-state index contributed by atoms with van der Waals surface area (Å²) in [4.78, 5) is 0. The van der Waals surface area contributed by atoms with E-state index in [9.17, 15) is 0 Å². The molecule has 0 aliphatic heterocycles. The number of hydrogen-bond donors (Lipinski definition) is 1. The van der Waals surface area contributed by atoms with Crippen molar-refractivity contribution in [2.24, 2.45) is 0 Å². The van der Waals surface area contributed by atoms with E-state index in [1.54, 1.807) is 0 Å². The van der Waals surface area contributed by atoms with Crippen molar-refractivity contribution in [2.75, 3.05) is 6.54 Å². The lowest BCUT2D eigenvalue weighted by molar-refractivity contribution is 0.560. The summed E-state index contributed by atoms with van der Waals surface area (Å²) in [5.74, 6) is 0. The van der Waals surface area contributed by atoms with Gasteiger partial charge in [0.05, 0.1) is 12.5 Å². The fraction of sp³-hybridized carbons (Fsp3) is 0.462. The Morgan fingerprint density at radius 1 is 1.47 bits per heavy atom. The van der Waals surface area contributed by atoms with Gasteiger partial charge in [-0.05, 0) is 32.4 Å². The predicted molar refractivity (Wildman–Crippen MR) is 62.6 cm³/mol. The van der Waals surface area contributed by atoms with Gasteiger partial charge in [-0.3, -0.25) is 0 Å². The molecule has 2 nitrogen and oxygen atoms in total. The molecule has 0 fully saturated rings. The molecule has 1 aromatic rings. The average Bonchev–Trinajstić information content (AvgIpc) is 2.18. The summed E-state index contributed by atoms with van der Waals surface area (Å²) >= 11 is 0. The van der Waals surface area contributed by atoms with Crippen molar-refractivity contribution in [2.45, 2.75) is 32.7 Å². The summed E-state index contributed by atoms with van der Waals surface area (Å²) in [5.41, 5.74) is 2.66. The van der Waals surface area contributed by atoms with E-state index in [2.05, 4.69) is 42.6 Å². The van der Waals surface area contributed by atoms with Crippen molar-refractivity contribution in [3.05, 3.63) is 35.4 Å². The Hall–Kier alpha value is -1.33. The second-order valence-corrected chi connectivity index (χ2v) is 3.96. The molecular formula is C13H18N2. The number of nitriles is 1. The van der Waals surface area contributed by atoms with E-state index in [-0.39, 0.29) is 0 Å². The third kappa shape index (κ3) is 4.62. The van der Waals surface area contributed by atoms with Crippen LogP contribution in [0.15, 0.2) is 24.3 Å². The van der Waals surface area contributed by atoms with Gasteiger partial charge in [0.2, 0.25) is 0 Å². The molecule has 1 rings (SSSR count). The van der Waals surface area contributed by atoms with Crippen molar-refractivity contribution in [3.63, 3.8) is 0 Å². The number of rotatable bonds is 5. The minimum Gasteiger partial charge on any atom is -0.313 e. The Balaban J connectivity index is 2.29. The number of hydrogen-bond acceptors (Lipinski definition) is 2. The van der Waals surface area contributed by atoms with Crippen molar-refractivity contribution in [1.29, 1.82) is 5.26 Å². The van der Waals surface area contributed by atoms with Gasteiger partial charge in [-0.1, -0.05) is 29.8 Å². The van der Waals surface area contributed by atoms with Gasteiger partial charge in [-0.15, -0.1) is 0 Å². The maximum absolute atomic E-state index is 8.50. The Kier molecular flexibility index (Phi) is 4.86. The van der Waals surface area contributed by atoms with Crippen LogP contribution in [0.25, 0.3) is 0 Å². The van der Waals surface area contributed by atoms with Gasteiger partial charge >= 0.3 is 0 Å². The average molecular weight is 202 g/mol. The van der Waals surface area contributed by atoms with E-state index in [0.717, 1.165) is 13.0 Å². The smallest absolute Gasteiger partial charge is 0.0638 e. The number of aryl methyl sites for hydroxylation is 1. The Morgan fingerprint density at radius 2 is 2.27 bits per heavy atom. The van der Waals surface area contributed by atoms with Gasteiger partial charge in [-0.25, -0.2) is 0 Å². The van der Waals surface area contributed by atoms with Gasteiger partial charge in [0, 0.05) is 6.04 Å². The van der Waals surface area contributed by atoms with Crippen LogP contribution in [-0.4, -0.2) is 12.6 Å². The van der Waals surface area contributed by atoms with Crippen LogP contribution in [0.3, 0.4) is 0 Å². The molecule has 2 heteroatoms. The Morgan fingerprint density at radius 3 is 2.93 bits per heavy atom. The monoisotopic (exact) mass is 202 g/mol. The van der Waals surface area contributed by atoms with Crippen molar-refractivity contribution < 1.29 is 0 Å². The Labute approximate surface area is 91.9 Å². The van der Waals surface area contributed by atoms with Crippen molar-refractivity contribution >= 4 is 0 Å². The van der Waals surface area contributed by atoms with Crippen LogP contribution in [0, 0.1) is 18.3 Å². The zero-order valence-corrected chi connectivity index (χ0v) is 9.46. The van der Waals surface area contributed by atoms with E-state index in [1.807, 2.05) is 6.92 Å². The summed E-state index contributed by atoms with van der Waals surface area (Å²) < 4.78 is 0. The van der Waals surface area contributed by atoms with E-state index < -0.39 is 0 Å². The van der Waals surface area contributed by atoms with Crippen LogP contribution >= 0.6 is 0 Å². The Bertz CT molecular complexity index is 339. The summed E-state index contributed by atoms with van der Waals surface area (Å²) in [6.45, 7) is 5.08. The highest BCUT2D eigenvalue weighted by Gasteiger charge is 1.99. The fourth-order valence-corrected chi connectivity index (χ4v) is 1.54. The lowest BCUT2D eigenvalue weighted by Gasteiger charge is -2.09. The van der Waals surface area contributed by atoms with Crippen LogP contribution in [0.4, 0.5) is 0 Å². The second kappa shape index (κ2) is 6.21. The molecule has 0 aromatic heterocycles. The van der Waals surface area contributed by atoms with Crippen LogP contribution in [0.5, 0.6) is 0 Å². The maximum Gasteiger partial charge on any atom is 0.0638 e. The topological polar surface area (TPSA) is 35.8 Å². The third-order valence-electron chi connectivity index (χ3n) is 2.39. The first kappa shape index (κ1) is 11.7. The first-order valence-electron chi connectivity index (χ1n) is 5.38. The maximum atomic E-state index is 8.50. The van der Waals surface area contributed by atoms with Crippen LogP contribution < -0.4 is 5.32 Å². The predicted octanol–water partition coefficient (Wildman–Crippen LogP) is 2.43. The quantitative estimate of drug-likeness (QED) is 0.796. The van der Waals surface area contributed by atoms with Gasteiger partial charge < -0.3 is 5.32 Å². The lowest BCUT2D eigenvalue weighted by atomic mass is 10.1. The summed E-state index contributed by atoms with van der Waals surface area (Å²) in [6.07, 6.45) is 1.60. The lowest BCUT2D eigenvalue weighted by Crippen LogP contribution is -2.27. The molecule has 1 aromatic carbocycles. The SMILES string of the molecule is Cc1cccc(CCNC(C)CC#N)c1. The van der Waals surface area contributed by atoms with E-state index in [4.69, 9.17) is 5.26 Å². The van der Waals surface area contributed by atoms with Gasteiger partial charge in [0.15, 0.2) is 0 Å². The van der Waals surface area contributed by atoms with Gasteiger partial charge in [-0.2, -0.15) is 5.26 Å². The molecule has 1 N–H and O–H groups in total. The molecule has 0 spiro atoms. The molecule has 0 amide bonds. The summed E-state index contributed by atoms with van der Waals surface area (Å²) in [6, 6.07) is 11.0. The second-order valence-electron chi connectivity index (χ2n) is 3.96. The molecule has 0 radical (unpaired) electrons. The van der Waals surface area contributed by atoms with Crippen LogP contribution in [0.2, 0.25) is 0 Å². The highest BCUT2D eigenvalue weighted by atomic mass is 14.9. The largest absolute Gasteiger partial charge is 0.313 e. The molecular weight excluding hydrogens is 184 g/mol. The molecule has 0 saturated heterocycles. The molecule has 1 atom stereocenters. The number of benzene rings is 1. The number of nitrogens with zero attached hydrogens (tertiary/aromatic N) is 1. The standard InChI is InChI=1S/C13H18N2/c1-11-4-3-5-13(10-11)7-9-15-12(2)6-8-14/h3-5,10,12,15H,6-7,9H2,1-2H3. The zero-order chi connectivity index (χ0) is 11.1. The minimum absolute atomic E-state index is 0.291. The number of nitrogens with one attached hydrogen (secondary N) is 1. The van der Waals surface area contributed by atoms with Crippen molar-refractivity contribution in [1.82, 2.24) is 5.32 Å². The molecule has 15 heavy (non-hydrogen) atoms. The highest BCUT2D eigenvalue weighted by molar-refractivity contribution is 5.22. The first-order chi connectivity index (χ1) is 7.22. The summed E-state index contributed by atoms with van der Waals surface area (Å²) in [7, 11) is 0.